The van der Waals surface area contributed by atoms with Gasteiger partial charge in [-0.15, -0.1) is 0 Å². The number of rotatable bonds is 5. The molecular weight excluding hydrogens is 270 g/mol. The zero-order valence-electron chi connectivity index (χ0n) is 12.7. The van der Waals surface area contributed by atoms with Gasteiger partial charge in [0.1, 0.15) is 5.75 Å². The molecule has 0 aliphatic rings. The number of hydrogen-bond donors (Lipinski definition) is 3. The second-order valence-corrected chi connectivity index (χ2v) is 5.97. The van der Waals surface area contributed by atoms with E-state index in [1.54, 1.807) is 45.9 Å². The Morgan fingerprint density at radius 3 is 2.10 bits per heavy atom. The first-order valence-corrected chi connectivity index (χ1v) is 6.59. The summed E-state index contributed by atoms with van der Waals surface area (Å²) in [5.74, 6) is -1.20. The molecule has 114 valence electrons. The van der Waals surface area contributed by atoms with Crippen LogP contribution in [-0.4, -0.2) is 27.6 Å². The molecule has 0 saturated carbocycles. The summed E-state index contributed by atoms with van der Waals surface area (Å²) in [5.41, 5.74) is -1.25. The van der Waals surface area contributed by atoms with Crippen molar-refractivity contribution >= 4 is 18.0 Å². The van der Waals surface area contributed by atoms with Crippen LogP contribution in [0.5, 0.6) is 5.75 Å². The van der Waals surface area contributed by atoms with Gasteiger partial charge in [-0.05, 0) is 51.5 Å². The summed E-state index contributed by atoms with van der Waals surface area (Å²) in [6.45, 7) is 6.49. The van der Waals surface area contributed by atoms with Crippen molar-refractivity contribution in [3.63, 3.8) is 0 Å². The van der Waals surface area contributed by atoms with Crippen LogP contribution in [0, 0.1) is 5.41 Å². The maximum absolute atomic E-state index is 11.9. The average molecular weight is 291 g/mol. The Kier molecular flexibility index (Phi) is 4.78. The van der Waals surface area contributed by atoms with E-state index in [0.717, 1.165) is 5.56 Å². The molecule has 0 spiro atoms. The number of hydrogen-bond acceptors (Lipinski definition) is 3. The van der Waals surface area contributed by atoms with Crippen LogP contribution in [0.4, 0.5) is 0 Å². The number of aromatic hydroxyl groups is 1. The van der Waals surface area contributed by atoms with E-state index in [1.807, 2.05) is 0 Å². The molecule has 0 radical (unpaired) electrons. The number of amides is 1. The Labute approximate surface area is 124 Å². The van der Waals surface area contributed by atoms with Gasteiger partial charge in [-0.25, -0.2) is 0 Å². The lowest BCUT2D eigenvalue weighted by Crippen LogP contribution is -2.56. The monoisotopic (exact) mass is 291 g/mol. The fraction of sp³-hybridized carbons (Fsp3) is 0.375. The van der Waals surface area contributed by atoms with E-state index in [-0.39, 0.29) is 11.7 Å². The molecule has 1 aromatic carbocycles. The predicted octanol–water partition coefficient (Wildman–Crippen LogP) is 2.41. The first-order chi connectivity index (χ1) is 9.56. The third kappa shape index (κ3) is 4.08. The second kappa shape index (κ2) is 5.99. The highest BCUT2D eigenvalue weighted by Gasteiger charge is 2.44. The number of carbonyl (C=O) groups is 2. The number of aliphatic carboxylic acids is 1. The Morgan fingerprint density at radius 2 is 1.62 bits per heavy atom. The molecule has 0 aliphatic carbocycles. The molecule has 0 unspecified atom stereocenters. The highest BCUT2D eigenvalue weighted by atomic mass is 16.4. The molecule has 21 heavy (non-hydrogen) atoms. The van der Waals surface area contributed by atoms with Gasteiger partial charge in [0.2, 0.25) is 5.91 Å². The van der Waals surface area contributed by atoms with Crippen LogP contribution in [0.3, 0.4) is 0 Å². The number of carboxylic acids is 1. The summed E-state index contributed by atoms with van der Waals surface area (Å²) in [4.78, 5) is 23.2. The molecule has 0 atom stereocenters. The zero-order valence-corrected chi connectivity index (χ0v) is 12.7. The van der Waals surface area contributed by atoms with Crippen molar-refractivity contribution in [2.45, 2.75) is 33.2 Å². The number of phenolic OH excluding ortho intramolecular Hbond substituents is 1. The van der Waals surface area contributed by atoms with E-state index in [1.165, 1.54) is 18.2 Å². The van der Waals surface area contributed by atoms with Crippen molar-refractivity contribution in [1.29, 1.82) is 0 Å². The van der Waals surface area contributed by atoms with E-state index < -0.39 is 16.9 Å². The summed E-state index contributed by atoms with van der Waals surface area (Å²) < 4.78 is 0. The molecule has 1 aromatic rings. The molecule has 0 aliphatic heterocycles. The highest BCUT2D eigenvalue weighted by molar-refractivity contribution is 5.92. The van der Waals surface area contributed by atoms with Gasteiger partial charge in [-0.2, -0.15) is 0 Å². The number of nitrogens with one attached hydrogen (secondary N) is 1. The molecule has 0 aromatic heterocycles. The van der Waals surface area contributed by atoms with Gasteiger partial charge < -0.3 is 15.5 Å². The number of carbonyl (C=O) groups excluding carboxylic acids is 1. The Morgan fingerprint density at radius 1 is 1.10 bits per heavy atom. The fourth-order valence-electron chi connectivity index (χ4n) is 1.53. The minimum atomic E-state index is -1.10. The number of carboxylic acid groups (broad SMARTS) is 1. The molecular formula is C16H21NO4. The number of benzene rings is 1. The van der Waals surface area contributed by atoms with Gasteiger partial charge in [-0.1, -0.05) is 12.1 Å². The van der Waals surface area contributed by atoms with Crippen molar-refractivity contribution in [1.82, 2.24) is 5.32 Å². The zero-order chi connectivity index (χ0) is 16.3. The van der Waals surface area contributed by atoms with Crippen molar-refractivity contribution < 1.29 is 19.8 Å². The van der Waals surface area contributed by atoms with Crippen LogP contribution in [-0.2, 0) is 9.59 Å². The van der Waals surface area contributed by atoms with Crippen molar-refractivity contribution in [3.8, 4) is 5.75 Å². The molecule has 0 bridgehead atoms. The third-order valence-electron chi connectivity index (χ3n) is 3.85. The first-order valence-electron chi connectivity index (χ1n) is 6.59. The molecule has 1 rings (SSSR count). The average Bonchev–Trinajstić information content (AvgIpc) is 2.37. The predicted molar refractivity (Wildman–Crippen MR) is 80.8 cm³/mol. The van der Waals surface area contributed by atoms with Crippen LogP contribution in [0.2, 0.25) is 0 Å². The van der Waals surface area contributed by atoms with Gasteiger partial charge in [0.15, 0.2) is 0 Å². The van der Waals surface area contributed by atoms with E-state index in [4.69, 9.17) is 5.11 Å². The summed E-state index contributed by atoms with van der Waals surface area (Å²) in [7, 11) is 0. The van der Waals surface area contributed by atoms with E-state index in [9.17, 15) is 14.7 Å². The van der Waals surface area contributed by atoms with Gasteiger partial charge >= 0.3 is 5.97 Å². The van der Waals surface area contributed by atoms with Gasteiger partial charge in [-0.3, -0.25) is 9.59 Å². The topological polar surface area (TPSA) is 86.6 Å². The summed E-state index contributed by atoms with van der Waals surface area (Å²) in [6, 6.07) is 6.39. The molecule has 0 heterocycles. The minimum Gasteiger partial charge on any atom is -0.508 e. The Hall–Kier alpha value is -2.30. The minimum absolute atomic E-state index is 0.154. The van der Waals surface area contributed by atoms with E-state index >= 15 is 0 Å². The normalized spacial score (nSPS) is 12.4. The molecule has 1 amide bonds. The van der Waals surface area contributed by atoms with E-state index in [2.05, 4.69) is 5.32 Å². The second-order valence-electron chi connectivity index (χ2n) is 5.97. The van der Waals surface area contributed by atoms with Crippen LogP contribution in [0.15, 0.2) is 30.3 Å². The van der Waals surface area contributed by atoms with Crippen molar-refractivity contribution in [3.05, 3.63) is 35.9 Å². The summed E-state index contributed by atoms with van der Waals surface area (Å²) in [6.07, 6.45) is 2.94. The Balaban J connectivity index is 2.77. The van der Waals surface area contributed by atoms with Crippen molar-refractivity contribution in [2.75, 3.05) is 0 Å². The molecule has 5 heteroatoms. The maximum atomic E-state index is 11.9. The Bertz CT molecular complexity index is 556. The maximum Gasteiger partial charge on any atom is 0.311 e. The highest BCUT2D eigenvalue weighted by Crippen LogP contribution is 2.30. The quantitative estimate of drug-likeness (QED) is 0.727. The first kappa shape index (κ1) is 16.8. The lowest BCUT2D eigenvalue weighted by Gasteiger charge is -2.38. The fourth-order valence-corrected chi connectivity index (χ4v) is 1.53. The largest absolute Gasteiger partial charge is 0.508 e. The molecule has 0 saturated heterocycles. The standard InChI is InChI=1S/C16H21NO4/c1-15(2,14(20)21)16(3,4)17-13(19)10-7-11-5-8-12(18)9-6-11/h5-10,18H,1-4H3,(H,17,19)(H,20,21). The van der Waals surface area contributed by atoms with Gasteiger partial charge in [0.25, 0.3) is 0 Å². The SMILES string of the molecule is CC(C)(NC(=O)C=Cc1ccc(O)cc1)C(C)(C)C(=O)O. The summed E-state index contributed by atoms with van der Waals surface area (Å²) >= 11 is 0. The lowest BCUT2D eigenvalue weighted by atomic mass is 9.74. The molecule has 5 nitrogen and oxygen atoms in total. The van der Waals surface area contributed by atoms with Crippen LogP contribution in [0.1, 0.15) is 33.3 Å². The molecule has 3 N–H and O–H groups in total. The third-order valence-corrected chi connectivity index (χ3v) is 3.85. The van der Waals surface area contributed by atoms with Gasteiger partial charge in [0, 0.05) is 6.08 Å². The smallest absolute Gasteiger partial charge is 0.311 e. The number of phenols is 1. The lowest BCUT2D eigenvalue weighted by molar-refractivity contribution is -0.151. The summed E-state index contributed by atoms with van der Waals surface area (Å²) in [5, 5.41) is 21.1. The molecule has 0 fully saturated rings. The van der Waals surface area contributed by atoms with Gasteiger partial charge in [0.05, 0.1) is 11.0 Å². The van der Waals surface area contributed by atoms with E-state index in [0.29, 0.717) is 0 Å². The van der Waals surface area contributed by atoms with Crippen LogP contribution >= 0.6 is 0 Å². The van der Waals surface area contributed by atoms with Crippen molar-refractivity contribution in [2.24, 2.45) is 5.41 Å². The van der Waals surface area contributed by atoms with Crippen LogP contribution < -0.4 is 5.32 Å². The van der Waals surface area contributed by atoms with Crippen LogP contribution in [0.25, 0.3) is 6.08 Å².